The molecule has 0 amide bonds. The minimum absolute atomic E-state index is 0.128. The largest absolute Gasteiger partial charge is 0.306 e. The van der Waals surface area contributed by atoms with E-state index in [0.29, 0.717) is 6.54 Å². The van der Waals surface area contributed by atoms with Gasteiger partial charge < -0.3 is 5.32 Å². The minimum Gasteiger partial charge on any atom is -0.306 e. The van der Waals surface area contributed by atoms with Gasteiger partial charge in [0, 0.05) is 25.0 Å². The van der Waals surface area contributed by atoms with E-state index in [0.717, 1.165) is 11.1 Å². The van der Waals surface area contributed by atoms with E-state index < -0.39 is 10.0 Å². The van der Waals surface area contributed by atoms with Crippen molar-refractivity contribution in [2.75, 3.05) is 0 Å². The standard InChI is InChI=1S/C14H17N3O2S/c1-11(13-6-8-16-9-7-13)17-10-12-2-4-14(5-3-12)20(15,18)19/h2-9,11,17H,10H2,1H3,(H2,15,18,19). The molecule has 0 aliphatic rings. The lowest BCUT2D eigenvalue weighted by Crippen LogP contribution is -2.18. The number of sulfonamides is 1. The van der Waals surface area contributed by atoms with Crippen LogP contribution in [0.1, 0.15) is 24.1 Å². The number of nitrogens with two attached hydrogens (primary N) is 1. The molecule has 5 nitrogen and oxygen atoms in total. The number of aromatic nitrogens is 1. The molecule has 1 aromatic heterocycles. The van der Waals surface area contributed by atoms with Gasteiger partial charge >= 0.3 is 0 Å². The van der Waals surface area contributed by atoms with E-state index in [9.17, 15) is 8.42 Å². The molecule has 6 heteroatoms. The van der Waals surface area contributed by atoms with Gasteiger partial charge in [-0.3, -0.25) is 4.98 Å². The third kappa shape index (κ3) is 3.86. The Morgan fingerprint density at radius 3 is 2.30 bits per heavy atom. The van der Waals surface area contributed by atoms with Crippen molar-refractivity contribution < 1.29 is 8.42 Å². The molecule has 0 spiro atoms. The zero-order valence-electron chi connectivity index (χ0n) is 11.2. The number of hydrogen-bond acceptors (Lipinski definition) is 4. The lowest BCUT2D eigenvalue weighted by molar-refractivity contribution is 0.573. The average Bonchev–Trinajstić information content (AvgIpc) is 2.45. The van der Waals surface area contributed by atoms with E-state index in [4.69, 9.17) is 5.14 Å². The number of pyridine rings is 1. The molecule has 3 N–H and O–H groups in total. The van der Waals surface area contributed by atoms with Crippen molar-refractivity contribution in [2.45, 2.75) is 24.4 Å². The Kier molecular flexibility index (Phi) is 4.49. The highest BCUT2D eigenvalue weighted by Gasteiger charge is 2.07. The molecule has 0 saturated heterocycles. The first-order chi connectivity index (χ1) is 9.47. The van der Waals surface area contributed by atoms with Crippen LogP contribution in [-0.4, -0.2) is 13.4 Å². The average molecular weight is 291 g/mol. The predicted molar refractivity (Wildman–Crippen MR) is 77.3 cm³/mol. The van der Waals surface area contributed by atoms with Crippen LogP contribution in [-0.2, 0) is 16.6 Å². The second-order valence-electron chi connectivity index (χ2n) is 4.57. The number of hydrogen-bond donors (Lipinski definition) is 2. The van der Waals surface area contributed by atoms with Crippen molar-refractivity contribution in [3.63, 3.8) is 0 Å². The monoisotopic (exact) mass is 291 g/mol. The summed E-state index contributed by atoms with van der Waals surface area (Å²) in [5.74, 6) is 0. The quantitative estimate of drug-likeness (QED) is 0.876. The van der Waals surface area contributed by atoms with Crippen molar-refractivity contribution in [1.29, 1.82) is 0 Å². The van der Waals surface area contributed by atoms with E-state index in [1.807, 2.05) is 12.1 Å². The van der Waals surface area contributed by atoms with Gasteiger partial charge in [0.1, 0.15) is 0 Å². The third-order valence-electron chi connectivity index (χ3n) is 3.07. The Morgan fingerprint density at radius 1 is 1.15 bits per heavy atom. The first-order valence-corrected chi connectivity index (χ1v) is 7.76. The number of primary sulfonamides is 1. The predicted octanol–water partition coefficient (Wildman–Crippen LogP) is 1.58. The van der Waals surface area contributed by atoms with Gasteiger partial charge in [-0.1, -0.05) is 12.1 Å². The summed E-state index contributed by atoms with van der Waals surface area (Å²) in [5, 5.41) is 8.42. The summed E-state index contributed by atoms with van der Waals surface area (Å²) in [6.07, 6.45) is 3.52. The molecule has 106 valence electrons. The van der Waals surface area contributed by atoms with Gasteiger partial charge in [0.15, 0.2) is 0 Å². The second-order valence-corrected chi connectivity index (χ2v) is 6.13. The summed E-state index contributed by atoms with van der Waals surface area (Å²) in [7, 11) is -3.62. The molecule has 0 aliphatic carbocycles. The highest BCUT2D eigenvalue weighted by atomic mass is 32.2. The van der Waals surface area contributed by atoms with E-state index >= 15 is 0 Å². The highest BCUT2D eigenvalue weighted by Crippen LogP contribution is 2.13. The summed E-state index contributed by atoms with van der Waals surface area (Å²) in [6, 6.07) is 10.7. The molecule has 0 aliphatic heterocycles. The van der Waals surface area contributed by atoms with Crippen molar-refractivity contribution in [3.05, 3.63) is 59.9 Å². The molecule has 1 atom stereocenters. The number of rotatable bonds is 5. The van der Waals surface area contributed by atoms with Gasteiger partial charge in [-0.15, -0.1) is 0 Å². The van der Waals surface area contributed by atoms with Gasteiger partial charge in [-0.2, -0.15) is 0 Å². The van der Waals surface area contributed by atoms with E-state index in [2.05, 4.69) is 17.2 Å². The maximum Gasteiger partial charge on any atom is 0.238 e. The van der Waals surface area contributed by atoms with Crippen LogP contribution >= 0.6 is 0 Å². The molecule has 2 rings (SSSR count). The molecule has 0 radical (unpaired) electrons. The van der Waals surface area contributed by atoms with Gasteiger partial charge in [-0.05, 0) is 42.3 Å². The second kappa shape index (κ2) is 6.13. The SMILES string of the molecule is CC(NCc1ccc(S(N)(=O)=O)cc1)c1ccncc1. The summed E-state index contributed by atoms with van der Waals surface area (Å²) in [5.41, 5.74) is 2.15. The van der Waals surface area contributed by atoms with Crippen molar-refractivity contribution >= 4 is 10.0 Å². The van der Waals surface area contributed by atoms with Crippen LogP contribution < -0.4 is 10.5 Å². The van der Waals surface area contributed by atoms with Crippen LogP contribution in [0.4, 0.5) is 0 Å². The molecular formula is C14H17N3O2S. The Hall–Kier alpha value is -1.76. The topological polar surface area (TPSA) is 85.1 Å². The number of benzene rings is 1. The molecule has 0 bridgehead atoms. The van der Waals surface area contributed by atoms with Crippen molar-refractivity contribution in [1.82, 2.24) is 10.3 Å². The zero-order chi connectivity index (χ0) is 14.6. The molecule has 1 heterocycles. The van der Waals surface area contributed by atoms with Gasteiger partial charge in [0.05, 0.1) is 4.90 Å². The first kappa shape index (κ1) is 14.6. The van der Waals surface area contributed by atoms with Crippen LogP contribution in [0, 0.1) is 0 Å². The molecular weight excluding hydrogens is 274 g/mol. The summed E-state index contributed by atoms with van der Waals surface area (Å²) in [6.45, 7) is 2.71. The molecule has 0 fully saturated rings. The Balaban J connectivity index is 1.98. The van der Waals surface area contributed by atoms with Crippen molar-refractivity contribution in [3.8, 4) is 0 Å². The zero-order valence-corrected chi connectivity index (χ0v) is 12.0. The lowest BCUT2D eigenvalue weighted by Gasteiger charge is -2.14. The molecule has 0 saturated carbocycles. The van der Waals surface area contributed by atoms with Crippen LogP contribution in [0.5, 0.6) is 0 Å². The van der Waals surface area contributed by atoms with Gasteiger partial charge in [0.2, 0.25) is 10.0 Å². The van der Waals surface area contributed by atoms with Crippen LogP contribution in [0.3, 0.4) is 0 Å². The fourth-order valence-electron chi connectivity index (χ4n) is 1.84. The van der Waals surface area contributed by atoms with Gasteiger partial charge in [0.25, 0.3) is 0 Å². The van der Waals surface area contributed by atoms with Crippen LogP contribution in [0.15, 0.2) is 53.7 Å². The fraction of sp³-hybridized carbons (Fsp3) is 0.214. The summed E-state index contributed by atoms with van der Waals surface area (Å²) in [4.78, 5) is 4.11. The maximum absolute atomic E-state index is 11.2. The number of nitrogens with zero attached hydrogens (tertiary/aromatic N) is 1. The van der Waals surface area contributed by atoms with E-state index in [1.165, 1.54) is 12.1 Å². The molecule has 20 heavy (non-hydrogen) atoms. The third-order valence-corrected chi connectivity index (χ3v) is 4.00. The molecule has 2 aromatic rings. The van der Waals surface area contributed by atoms with Crippen molar-refractivity contribution in [2.24, 2.45) is 5.14 Å². The fourth-order valence-corrected chi connectivity index (χ4v) is 2.35. The Labute approximate surface area is 118 Å². The van der Waals surface area contributed by atoms with Crippen LogP contribution in [0.25, 0.3) is 0 Å². The summed E-state index contributed by atoms with van der Waals surface area (Å²) < 4.78 is 22.3. The smallest absolute Gasteiger partial charge is 0.238 e. The lowest BCUT2D eigenvalue weighted by atomic mass is 10.1. The maximum atomic E-state index is 11.2. The Bertz CT molecular complexity index is 655. The molecule has 1 aromatic carbocycles. The normalized spacial score (nSPS) is 13.1. The summed E-state index contributed by atoms with van der Waals surface area (Å²) >= 11 is 0. The minimum atomic E-state index is -3.62. The van der Waals surface area contributed by atoms with E-state index in [-0.39, 0.29) is 10.9 Å². The van der Waals surface area contributed by atoms with E-state index in [1.54, 1.807) is 24.5 Å². The van der Waals surface area contributed by atoms with Crippen LogP contribution in [0.2, 0.25) is 0 Å². The highest BCUT2D eigenvalue weighted by molar-refractivity contribution is 7.89. The first-order valence-electron chi connectivity index (χ1n) is 6.22. The van der Waals surface area contributed by atoms with Gasteiger partial charge in [-0.25, -0.2) is 13.6 Å². The Morgan fingerprint density at radius 2 is 1.75 bits per heavy atom. The molecule has 1 unspecified atom stereocenters. The number of nitrogens with one attached hydrogen (secondary N) is 1.